The number of hydrogen-bond donors (Lipinski definition) is 5. The number of thiol groups is 1. The Labute approximate surface area is 99.2 Å². The van der Waals surface area contributed by atoms with Crippen molar-refractivity contribution in [3.05, 3.63) is 0 Å². The molecule has 6 nitrogen and oxygen atoms in total. The van der Waals surface area contributed by atoms with Crippen LogP contribution in [0.3, 0.4) is 0 Å². The summed E-state index contributed by atoms with van der Waals surface area (Å²) in [4.78, 5) is 0. The molecule has 7 heteroatoms. The maximum atomic E-state index is 9.56. The lowest BCUT2D eigenvalue weighted by Crippen LogP contribution is -2.59. The molecule has 0 unspecified atom stereocenters. The van der Waals surface area contributed by atoms with E-state index in [1.165, 1.54) is 0 Å². The molecule has 1 aliphatic rings. The van der Waals surface area contributed by atoms with Gasteiger partial charge >= 0.3 is 0 Å². The summed E-state index contributed by atoms with van der Waals surface area (Å²) in [6.45, 7) is -0.121. The molecule has 1 rings (SSSR count). The summed E-state index contributed by atoms with van der Waals surface area (Å²) in [5.41, 5.74) is 0. The van der Waals surface area contributed by atoms with E-state index in [9.17, 15) is 15.3 Å². The molecule has 1 saturated heterocycles. The fourth-order valence-corrected chi connectivity index (χ4v) is 1.60. The first kappa shape index (κ1) is 14.2. The predicted octanol–water partition coefficient (Wildman–Crippen LogP) is -1.88. The van der Waals surface area contributed by atoms with Crippen molar-refractivity contribution in [2.24, 2.45) is 0 Å². The summed E-state index contributed by atoms with van der Waals surface area (Å²) < 4.78 is 10.3. The molecular weight excluding hydrogens is 236 g/mol. The highest BCUT2D eigenvalue weighted by Crippen LogP contribution is 2.21. The smallest absolute Gasteiger partial charge is 0.186 e. The van der Waals surface area contributed by atoms with Crippen LogP contribution in [0.5, 0.6) is 0 Å². The summed E-state index contributed by atoms with van der Waals surface area (Å²) in [6.07, 6.45) is -5.32. The fraction of sp³-hybridized carbons (Fsp3) is 1.00. The number of aliphatic hydroxyl groups is 4. The lowest BCUT2D eigenvalue weighted by Gasteiger charge is -2.39. The molecule has 0 radical (unpaired) electrons. The van der Waals surface area contributed by atoms with Crippen molar-refractivity contribution >= 4 is 12.6 Å². The Morgan fingerprint density at radius 2 is 1.81 bits per heavy atom. The highest BCUT2D eigenvalue weighted by Gasteiger charge is 2.43. The van der Waals surface area contributed by atoms with Crippen LogP contribution in [0.25, 0.3) is 0 Å². The molecule has 5 atom stereocenters. The molecule has 1 aliphatic heterocycles. The largest absolute Gasteiger partial charge is 0.394 e. The van der Waals surface area contributed by atoms with Gasteiger partial charge in [0.05, 0.1) is 13.2 Å². The summed E-state index contributed by atoms with van der Waals surface area (Å²) in [7, 11) is 0. The molecule has 0 spiro atoms. The standard InChI is InChI=1S/C9H18O6S/c10-4-5-6(11)7(12)8(13)9(15-5)14-2-1-3-16/h5-13,16H,1-4H2/t5-,6-,7+,8+,9+/m1/s1. The van der Waals surface area contributed by atoms with Gasteiger partial charge in [-0.3, -0.25) is 0 Å². The van der Waals surface area contributed by atoms with Crippen LogP contribution in [0, 0.1) is 0 Å². The van der Waals surface area contributed by atoms with E-state index in [0.717, 1.165) is 0 Å². The Bertz CT molecular complexity index is 202. The lowest BCUT2D eigenvalue weighted by molar-refractivity contribution is -0.300. The van der Waals surface area contributed by atoms with Gasteiger partial charge < -0.3 is 29.9 Å². The van der Waals surface area contributed by atoms with Gasteiger partial charge in [0.15, 0.2) is 6.29 Å². The molecular formula is C9H18O6S. The zero-order valence-corrected chi connectivity index (χ0v) is 9.66. The van der Waals surface area contributed by atoms with Gasteiger partial charge in [-0.05, 0) is 12.2 Å². The van der Waals surface area contributed by atoms with Crippen LogP contribution in [0.4, 0.5) is 0 Å². The van der Waals surface area contributed by atoms with Gasteiger partial charge in [0.2, 0.25) is 0 Å². The number of ether oxygens (including phenoxy) is 2. The minimum absolute atomic E-state index is 0.326. The average Bonchev–Trinajstić information content (AvgIpc) is 2.29. The monoisotopic (exact) mass is 254 g/mol. The summed E-state index contributed by atoms with van der Waals surface area (Å²) in [5.74, 6) is 0.636. The molecule has 1 heterocycles. The van der Waals surface area contributed by atoms with Gasteiger partial charge in [0.25, 0.3) is 0 Å². The molecule has 0 saturated carbocycles. The molecule has 0 aliphatic carbocycles. The van der Waals surface area contributed by atoms with Crippen LogP contribution in [-0.2, 0) is 9.47 Å². The van der Waals surface area contributed by atoms with Crippen molar-refractivity contribution in [1.29, 1.82) is 0 Å². The third-order valence-corrected chi connectivity index (χ3v) is 2.75. The Hall–Kier alpha value is 0.110. The van der Waals surface area contributed by atoms with E-state index in [4.69, 9.17) is 14.6 Å². The third kappa shape index (κ3) is 3.30. The third-order valence-electron chi connectivity index (χ3n) is 2.43. The van der Waals surface area contributed by atoms with Crippen LogP contribution >= 0.6 is 12.6 Å². The second-order valence-corrected chi connectivity index (χ2v) is 4.09. The minimum atomic E-state index is -1.38. The normalized spacial score (nSPS) is 39.9. The zero-order chi connectivity index (χ0) is 12.1. The highest BCUT2D eigenvalue weighted by molar-refractivity contribution is 7.80. The molecule has 0 bridgehead atoms. The van der Waals surface area contributed by atoms with Gasteiger partial charge in [0.1, 0.15) is 24.4 Å². The van der Waals surface area contributed by atoms with E-state index in [1.807, 2.05) is 0 Å². The first-order chi connectivity index (χ1) is 7.61. The first-order valence-corrected chi connectivity index (χ1v) is 5.78. The maximum absolute atomic E-state index is 9.56. The molecule has 0 aromatic rings. The maximum Gasteiger partial charge on any atom is 0.186 e. The van der Waals surface area contributed by atoms with E-state index in [2.05, 4.69) is 12.6 Å². The van der Waals surface area contributed by atoms with Gasteiger partial charge in [0, 0.05) is 0 Å². The van der Waals surface area contributed by atoms with E-state index in [-0.39, 0.29) is 0 Å². The van der Waals surface area contributed by atoms with E-state index < -0.39 is 37.3 Å². The van der Waals surface area contributed by atoms with Crippen molar-refractivity contribution in [2.75, 3.05) is 19.0 Å². The topological polar surface area (TPSA) is 99.4 Å². The van der Waals surface area contributed by atoms with E-state index in [0.29, 0.717) is 18.8 Å². The number of rotatable bonds is 5. The molecule has 96 valence electrons. The van der Waals surface area contributed by atoms with E-state index in [1.54, 1.807) is 0 Å². The highest BCUT2D eigenvalue weighted by atomic mass is 32.1. The summed E-state index contributed by atoms with van der Waals surface area (Å²) in [6, 6.07) is 0. The molecule has 0 amide bonds. The Morgan fingerprint density at radius 1 is 1.12 bits per heavy atom. The van der Waals surface area contributed by atoms with Crippen molar-refractivity contribution in [3.8, 4) is 0 Å². The lowest BCUT2D eigenvalue weighted by atomic mass is 9.99. The quantitative estimate of drug-likeness (QED) is 0.291. The van der Waals surface area contributed by atoms with Gasteiger partial charge in [-0.15, -0.1) is 0 Å². The van der Waals surface area contributed by atoms with Crippen molar-refractivity contribution < 1.29 is 29.9 Å². The minimum Gasteiger partial charge on any atom is -0.394 e. The second-order valence-electron chi connectivity index (χ2n) is 3.65. The van der Waals surface area contributed by atoms with Crippen LogP contribution < -0.4 is 0 Å². The number of aliphatic hydroxyl groups excluding tert-OH is 4. The Balaban J connectivity index is 2.50. The van der Waals surface area contributed by atoms with Crippen molar-refractivity contribution in [3.63, 3.8) is 0 Å². The van der Waals surface area contributed by atoms with Crippen LogP contribution in [-0.4, -0.2) is 70.1 Å². The van der Waals surface area contributed by atoms with Crippen LogP contribution in [0.2, 0.25) is 0 Å². The molecule has 16 heavy (non-hydrogen) atoms. The van der Waals surface area contributed by atoms with E-state index >= 15 is 0 Å². The molecule has 0 aromatic carbocycles. The predicted molar refractivity (Wildman–Crippen MR) is 58.2 cm³/mol. The van der Waals surface area contributed by atoms with Crippen LogP contribution in [0.15, 0.2) is 0 Å². The van der Waals surface area contributed by atoms with Crippen LogP contribution in [0.1, 0.15) is 6.42 Å². The molecule has 0 aromatic heterocycles. The number of hydrogen-bond acceptors (Lipinski definition) is 7. The fourth-order valence-electron chi connectivity index (χ4n) is 1.47. The molecule has 4 N–H and O–H groups in total. The van der Waals surface area contributed by atoms with Crippen molar-refractivity contribution in [1.82, 2.24) is 0 Å². The van der Waals surface area contributed by atoms with Gasteiger partial charge in [-0.25, -0.2) is 0 Å². The zero-order valence-electron chi connectivity index (χ0n) is 8.77. The SMILES string of the molecule is OC[C@H]1O[C@H](OCCCS)[C@@H](O)[C@@H](O)[C@@H]1O. The van der Waals surface area contributed by atoms with Crippen molar-refractivity contribution in [2.45, 2.75) is 37.1 Å². The first-order valence-electron chi connectivity index (χ1n) is 5.14. The second kappa shape index (κ2) is 6.75. The van der Waals surface area contributed by atoms with Gasteiger partial charge in [-0.1, -0.05) is 0 Å². The Morgan fingerprint density at radius 3 is 2.38 bits per heavy atom. The molecule has 1 fully saturated rings. The Kier molecular flexibility index (Phi) is 5.98. The summed E-state index contributed by atoms with van der Waals surface area (Å²) in [5, 5.41) is 37.4. The average molecular weight is 254 g/mol. The summed E-state index contributed by atoms with van der Waals surface area (Å²) >= 11 is 4.00. The van der Waals surface area contributed by atoms with Gasteiger partial charge in [-0.2, -0.15) is 12.6 Å².